The SMILES string of the molecule is c1ccc(N(c2ccc3nc(-n4c5ccccc5c5cc(N(c6ccccc6)c6ccccc6)ccc54)nc(N(c4ccccc4)c4ccc5c(c4)c4ccccc4n5-c4ccccc4)c3c2)c2ccc3c(c2)c2ccccc2n3-c2ccccc2)cc1. The smallest absolute Gasteiger partial charge is 0.237 e. The molecule has 0 bridgehead atoms. The van der Waals surface area contributed by atoms with Crippen LogP contribution in [-0.4, -0.2) is 23.7 Å². The third-order valence-electron chi connectivity index (χ3n) is 17.1. The van der Waals surface area contributed by atoms with E-state index in [0.717, 1.165) is 134 Å². The molecule has 0 amide bonds. The van der Waals surface area contributed by atoms with Gasteiger partial charge in [-0.2, -0.15) is 4.98 Å². The number of anilines is 9. The quantitative estimate of drug-likeness (QED) is 0.122. The normalized spacial score (nSPS) is 11.6. The molecule has 17 rings (SSSR count). The van der Waals surface area contributed by atoms with Gasteiger partial charge in [-0.15, -0.1) is 0 Å². The van der Waals surface area contributed by atoms with E-state index in [4.69, 9.17) is 9.97 Å². The predicted molar refractivity (Wildman–Crippen MR) is 367 cm³/mol. The summed E-state index contributed by atoms with van der Waals surface area (Å²) in [6.45, 7) is 0. The number of nitrogens with zero attached hydrogens (tertiary/aromatic N) is 8. The van der Waals surface area contributed by atoms with Gasteiger partial charge in [0.25, 0.3) is 0 Å². The number of benzene rings is 13. The number of rotatable bonds is 12. The van der Waals surface area contributed by atoms with Crippen molar-refractivity contribution in [1.29, 1.82) is 0 Å². The zero-order valence-corrected chi connectivity index (χ0v) is 47.8. The summed E-state index contributed by atoms with van der Waals surface area (Å²) in [5.74, 6) is 1.29. The van der Waals surface area contributed by atoms with E-state index < -0.39 is 0 Å². The highest BCUT2D eigenvalue weighted by atomic mass is 15.3. The molecule has 8 nitrogen and oxygen atoms in total. The summed E-state index contributed by atoms with van der Waals surface area (Å²) < 4.78 is 6.98. The lowest BCUT2D eigenvalue weighted by molar-refractivity contribution is 1.000. The molecule has 0 spiro atoms. The van der Waals surface area contributed by atoms with E-state index in [9.17, 15) is 0 Å². The van der Waals surface area contributed by atoms with Crippen LogP contribution in [0, 0.1) is 0 Å². The first-order valence-electron chi connectivity index (χ1n) is 29.8. The molecule has 0 saturated carbocycles. The van der Waals surface area contributed by atoms with Crippen LogP contribution in [0.5, 0.6) is 0 Å². The fraction of sp³-hybridized carbons (Fsp3) is 0. The Morgan fingerprint density at radius 2 is 0.500 bits per heavy atom. The molecule has 0 N–H and O–H groups in total. The van der Waals surface area contributed by atoms with Crippen LogP contribution in [0.3, 0.4) is 0 Å². The number of aromatic nitrogens is 5. The summed E-state index contributed by atoms with van der Waals surface area (Å²) >= 11 is 0. The lowest BCUT2D eigenvalue weighted by Crippen LogP contribution is -2.15. The minimum atomic E-state index is 0.556. The lowest BCUT2D eigenvalue weighted by Gasteiger charge is -2.28. The van der Waals surface area contributed by atoms with Gasteiger partial charge in [-0.3, -0.25) is 9.47 Å². The zero-order chi connectivity index (χ0) is 58.1. The third kappa shape index (κ3) is 8.37. The molecule has 88 heavy (non-hydrogen) atoms. The molecular formula is C80H54N8. The summed E-state index contributed by atoms with van der Waals surface area (Å²) in [7, 11) is 0. The molecular weight excluding hydrogens is 1070 g/mol. The van der Waals surface area contributed by atoms with E-state index in [-0.39, 0.29) is 0 Å². The Hall–Kier alpha value is -12.0. The summed E-state index contributed by atoms with van der Waals surface area (Å²) in [6, 6.07) is 117. The average molecular weight is 1130 g/mol. The molecule has 0 aliphatic heterocycles. The maximum Gasteiger partial charge on any atom is 0.237 e. The standard InChI is InChI=1S/C80H54N8/c1-7-25-55(26-8-1)83(56-27-9-2-10-28-56)62-45-50-78-70(51-62)67-39-21-24-42-75(67)88(78)80-81-72-47-43-61(84(57-29-11-3-12-30-57)63-44-48-76-68(52-63)65-37-19-22-40-73(65)86(76)59-33-15-5-16-34-59)54-71(72)79(82-80)85(58-31-13-4-14-32-58)64-46-49-77-69(53-64)66-38-20-23-41-74(66)87(77)60-35-17-6-18-36-60/h1-54H. The highest BCUT2D eigenvalue weighted by Gasteiger charge is 2.26. The van der Waals surface area contributed by atoms with E-state index in [1.807, 2.05) is 0 Å². The maximum atomic E-state index is 5.94. The van der Waals surface area contributed by atoms with E-state index in [1.54, 1.807) is 0 Å². The lowest BCUT2D eigenvalue weighted by atomic mass is 10.1. The van der Waals surface area contributed by atoms with Gasteiger partial charge in [0.15, 0.2) is 5.82 Å². The highest BCUT2D eigenvalue weighted by molar-refractivity contribution is 6.14. The molecule has 0 aliphatic carbocycles. The van der Waals surface area contributed by atoms with Gasteiger partial charge in [0.1, 0.15) is 0 Å². The van der Waals surface area contributed by atoms with Gasteiger partial charge in [-0.1, -0.05) is 164 Å². The molecule has 0 saturated heterocycles. The summed E-state index contributed by atoms with van der Waals surface area (Å²) in [5.41, 5.74) is 17.7. The first-order valence-corrected chi connectivity index (χ1v) is 29.8. The average Bonchev–Trinajstić information content (AvgIpc) is 2.02. The molecule has 0 unspecified atom stereocenters. The Morgan fingerprint density at radius 1 is 0.205 bits per heavy atom. The Morgan fingerprint density at radius 3 is 0.920 bits per heavy atom. The molecule has 0 atom stereocenters. The Balaban J connectivity index is 0.918. The van der Waals surface area contributed by atoms with Crippen LogP contribution in [0.25, 0.3) is 93.6 Å². The summed E-state index contributed by atoms with van der Waals surface area (Å²) in [4.78, 5) is 18.6. The number of para-hydroxylation sites is 9. The second-order valence-corrected chi connectivity index (χ2v) is 22.2. The predicted octanol–water partition coefficient (Wildman–Crippen LogP) is 21.3. The second kappa shape index (κ2) is 21.0. The van der Waals surface area contributed by atoms with Crippen molar-refractivity contribution in [1.82, 2.24) is 23.7 Å². The molecule has 0 fully saturated rings. The van der Waals surface area contributed by atoms with Gasteiger partial charge >= 0.3 is 0 Å². The van der Waals surface area contributed by atoms with Crippen molar-refractivity contribution < 1.29 is 0 Å². The number of hydrogen-bond donors (Lipinski definition) is 0. The molecule has 13 aromatic carbocycles. The van der Waals surface area contributed by atoms with Crippen LogP contribution in [0.2, 0.25) is 0 Å². The Bertz CT molecular complexity index is 5410. The minimum Gasteiger partial charge on any atom is -0.310 e. The van der Waals surface area contributed by atoms with Crippen molar-refractivity contribution in [2.75, 3.05) is 14.7 Å². The molecule has 4 heterocycles. The van der Waals surface area contributed by atoms with Crippen LogP contribution < -0.4 is 14.7 Å². The van der Waals surface area contributed by atoms with Gasteiger partial charge in [-0.25, -0.2) is 4.98 Å². The zero-order valence-electron chi connectivity index (χ0n) is 47.8. The van der Waals surface area contributed by atoms with Crippen molar-refractivity contribution >= 4 is 128 Å². The first kappa shape index (κ1) is 50.5. The fourth-order valence-electron chi connectivity index (χ4n) is 13.3. The largest absolute Gasteiger partial charge is 0.310 e. The maximum absolute atomic E-state index is 5.94. The van der Waals surface area contributed by atoms with Crippen molar-refractivity contribution in [2.24, 2.45) is 0 Å². The van der Waals surface area contributed by atoms with Crippen LogP contribution in [0.15, 0.2) is 328 Å². The number of fused-ring (bicyclic) bond motifs is 10. The van der Waals surface area contributed by atoms with Crippen LogP contribution in [0.1, 0.15) is 0 Å². The first-order chi connectivity index (χ1) is 43.7. The van der Waals surface area contributed by atoms with Gasteiger partial charge in [0, 0.05) is 94.6 Å². The topological polar surface area (TPSA) is 50.3 Å². The molecule has 0 aliphatic rings. The highest BCUT2D eigenvalue weighted by Crippen LogP contribution is 2.47. The van der Waals surface area contributed by atoms with Crippen LogP contribution in [0.4, 0.5) is 51.3 Å². The van der Waals surface area contributed by atoms with Crippen LogP contribution in [-0.2, 0) is 0 Å². The van der Waals surface area contributed by atoms with E-state index in [2.05, 4.69) is 356 Å². The van der Waals surface area contributed by atoms with Crippen molar-refractivity contribution in [3.8, 4) is 17.3 Å². The van der Waals surface area contributed by atoms with Crippen molar-refractivity contribution in [3.63, 3.8) is 0 Å². The van der Waals surface area contributed by atoms with Crippen molar-refractivity contribution in [2.45, 2.75) is 0 Å². The summed E-state index contributed by atoms with van der Waals surface area (Å²) in [6.07, 6.45) is 0. The molecule has 0 radical (unpaired) electrons. The fourth-order valence-corrected chi connectivity index (χ4v) is 13.3. The molecule has 414 valence electrons. The third-order valence-corrected chi connectivity index (χ3v) is 17.1. The Labute approximate surface area is 508 Å². The van der Waals surface area contributed by atoms with Crippen LogP contribution >= 0.6 is 0 Å². The van der Waals surface area contributed by atoms with Gasteiger partial charge < -0.3 is 18.9 Å². The second-order valence-electron chi connectivity index (χ2n) is 22.2. The Kier molecular flexibility index (Phi) is 12.0. The monoisotopic (exact) mass is 1130 g/mol. The molecule has 4 aromatic heterocycles. The summed E-state index contributed by atoms with van der Waals surface area (Å²) in [5, 5.41) is 7.72. The minimum absolute atomic E-state index is 0.556. The molecule has 17 aromatic rings. The van der Waals surface area contributed by atoms with E-state index in [0.29, 0.717) is 5.95 Å². The molecule has 8 heteroatoms. The van der Waals surface area contributed by atoms with Gasteiger partial charge in [0.2, 0.25) is 5.95 Å². The van der Waals surface area contributed by atoms with Gasteiger partial charge in [0.05, 0.1) is 38.6 Å². The van der Waals surface area contributed by atoms with Gasteiger partial charge in [-0.05, 0) is 164 Å². The van der Waals surface area contributed by atoms with Crippen molar-refractivity contribution in [3.05, 3.63) is 328 Å². The van der Waals surface area contributed by atoms with E-state index in [1.165, 1.54) is 5.39 Å². The number of hydrogen-bond acceptors (Lipinski definition) is 5. The van der Waals surface area contributed by atoms with E-state index >= 15 is 0 Å².